The van der Waals surface area contributed by atoms with Crippen LogP contribution < -0.4 is 0 Å². The highest BCUT2D eigenvalue weighted by Gasteiger charge is 2.59. The summed E-state index contributed by atoms with van der Waals surface area (Å²) in [4.78, 5) is 0. The van der Waals surface area contributed by atoms with Crippen LogP contribution in [0.2, 0.25) is 0 Å². The molecule has 0 spiro atoms. The summed E-state index contributed by atoms with van der Waals surface area (Å²) in [5.74, 6) is -0.772. The van der Waals surface area contributed by atoms with Crippen LogP contribution in [0.4, 0.5) is 0 Å². The maximum absolute atomic E-state index is 7.92. The molecule has 7 heterocycles. The van der Waals surface area contributed by atoms with Crippen LogP contribution >= 0.6 is 0 Å². The van der Waals surface area contributed by atoms with E-state index in [0.29, 0.717) is 52.7 Å². The van der Waals surface area contributed by atoms with Gasteiger partial charge in [-0.1, -0.05) is 346 Å². The second-order valence-corrected chi connectivity index (χ2v) is 39.4. The van der Waals surface area contributed by atoms with Gasteiger partial charge in [0.2, 0.25) is 0 Å². The van der Waals surface area contributed by atoms with Crippen molar-refractivity contribution in [3.63, 3.8) is 0 Å². The molecule has 8 aromatic rings. The van der Waals surface area contributed by atoms with Gasteiger partial charge in [0.25, 0.3) is 0 Å². The number of hydrogen-bond acceptors (Lipinski definition) is 22. The van der Waals surface area contributed by atoms with Crippen LogP contribution in [0.25, 0.3) is 0 Å². The van der Waals surface area contributed by atoms with Gasteiger partial charge >= 0.3 is 0 Å². The number of ether oxygens (including phenoxy) is 22. The minimum atomic E-state index is -1.17. The molecule has 22 heteroatoms. The molecule has 0 aromatic heterocycles. The minimum absolute atomic E-state index is 0.0168. The monoisotopic (exact) mass is 1890 g/mol. The lowest BCUT2D eigenvalue weighted by Gasteiger charge is -2.52. The van der Waals surface area contributed by atoms with Crippen LogP contribution in [0.15, 0.2) is 255 Å². The van der Waals surface area contributed by atoms with E-state index in [9.17, 15) is 0 Å². The molecule has 0 radical (unpaired) electrons. The van der Waals surface area contributed by atoms with Crippen LogP contribution in [0.3, 0.4) is 0 Å². The zero-order chi connectivity index (χ0) is 95.7. The van der Waals surface area contributed by atoms with Gasteiger partial charge in [-0.05, 0) is 105 Å². The van der Waals surface area contributed by atoms with Crippen molar-refractivity contribution >= 4 is 0 Å². The Kier molecular flexibility index (Phi) is 39.5. The molecule has 0 amide bonds. The lowest BCUT2D eigenvalue weighted by molar-refractivity contribution is -0.394. The molecule has 15 rings (SSSR count). The van der Waals surface area contributed by atoms with Gasteiger partial charge in [0.05, 0.1) is 135 Å². The summed E-state index contributed by atoms with van der Waals surface area (Å²) < 4.78 is 161. The van der Waals surface area contributed by atoms with E-state index in [1.807, 2.05) is 146 Å². The highest BCUT2D eigenvalue weighted by molar-refractivity contribution is 5.20. The minimum Gasteiger partial charge on any atom is -0.374 e. The highest BCUT2D eigenvalue weighted by Crippen LogP contribution is 2.47. The van der Waals surface area contributed by atoms with Gasteiger partial charge in [0, 0.05) is 23.7 Å². The third-order valence-corrected chi connectivity index (χ3v) is 30.3. The molecule has 22 nitrogen and oxygen atoms in total. The topological polar surface area (TPSA) is 203 Å². The largest absolute Gasteiger partial charge is 0.374 e. The Bertz CT molecular complexity index is 4710. The van der Waals surface area contributed by atoms with Crippen LogP contribution in [0.1, 0.15) is 154 Å². The second kappa shape index (κ2) is 52.0. The van der Waals surface area contributed by atoms with Crippen molar-refractivity contribution in [1.29, 1.82) is 0 Å². The van der Waals surface area contributed by atoms with Gasteiger partial charge in [-0.2, -0.15) is 0 Å². The standard InChI is InChI=1S/C115H152O22/c1-16-59-120-109-84(15)101(134-113-102(79(10)77(8)93(17-2)126-113)121-64-89-51-35-23-36-52-89)106(136-111-82(13)74(5)76(7)96(129-111)69-117-61-86-45-29-20-30-46-86)99(131-109)72-125-112-104(80(11)78(9)97(130-112)70-118-62-87-47-31-21-32-48-87)135-115-108(124-67-92-57-41-26-42-58-92)107(123-66-91-55-39-25-40-56-91)105(94(18-3)127-115)137-114-103(122-65-90-53-37-24-38-54-90)83(14)100(98(132-114)71-119-63-88-49-33-22-34-50-88)133-110-81(12)73(4)75(6)95(128-110)68-116-60-85-43-27-19-28-44-85/h16,19-58,73-84,93-115H,1,17-18,59-72H2,2-15H3/t73-,74-,75+,76-,77-,78-,79-,80-,81?,82?,83-,84?,93?,94?,95?,96?,97?,98?,99?,100+,101+,102?,103?,104?,105+,106+,107-,108?,109-,110+,111-,112+,113-,114-,115-/m0/s1. The van der Waals surface area contributed by atoms with Gasteiger partial charge in [0.15, 0.2) is 44.0 Å². The maximum atomic E-state index is 7.92. The molecule has 0 N–H and O–H groups in total. The van der Waals surface area contributed by atoms with Gasteiger partial charge in [-0.15, -0.1) is 6.58 Å². The van der Waals surface area contributed by atoms with Gasteiger partial charge in [-0.3, -0.25) is 0 Å². The van der Waals surface area contributed by atoms with Gasteiger partial charge in [0.1, 0.15) is 54.9 Å². The zero-order valence-electron chi connectivity index (χ0n) is 82.9. The van der Waals surface area contributed by atoms with Crippen molar-refractivity contribution in [2.45, 2.75) is 304 Å². The molecule has 137 heavy (non-hydrogen) atoms. The van der Waals surface area contributed by atoms with Crippen molar-refractivity contribution < 1.29 is 104 Å². The number of rotatable bonds is 46. The van der Waals surface area contributed by atoms with Crippen molar-refractivity contribution in [3.8, 4) is 0 Å². The summed E-state index contributed by atoms with van der Waals surface area (Å²) >= 11 is 0. The molecule has 7 saturated heterocycles. The molecule has 35 atom stereocenters. The van der Waals surface area contributed by atoms with E-state index < -0.39 is 135 Å². The fourth-order valence-corrected chi connectivity index (χ4v) is 20.5. The Balaban J connectivity index is 0.785. The third-order valence-electron chi connectivity index (χ3n) is 30.3. The molecule has 7 aliphatic heterocycles. The Hall–Kier alpha value is -7.38. The third kappa shape index (κ3) is 27.5. The molecule has 744 valence electrons. The summed E-state index contributed by atoms with van der Waals surface area (Å²) in [6, 6.07) is 81.5. The SMILES string of the molecule is C=CCO[C@H]1OC(CO[C@@H]2OC(COCc3ccccc3)[C@@H](C)[C@H](C)C2O[C@@H]2OC(CC)[C@@H](O[C@@H]3OC(COCc4ccccc4)[C@H](O[C@H]4OC(COCc5ccccc5)[C@H](C)[C@H](C)C4C)[C@H](C)C3OCc3ccccc3)[C@H](OCc3ccccc3)C2OCc2ccccc2)[C@@H](O[C@@H]2OC(COCc3ccccc3)[C@@H](C)[C@H](C)C2C)[C@H](O[C@@H]2OC(CC)[C@@H](C)[C@H](C)C2OCc2ccccc2)C1C. The number of hydrogen-bond donors (Lipinski definition) is 0. The summed E-state index contributed by atoms with van der Waals surface area (Å²) in [6.07, 6.45) is -14.6. The molecule has 0 saturated carbocycles. The predicted octanol–water partition coefficient (Wildman–Crippen LogP) is 20.9. The molecule has 0 aliphatic carbocycles. The van der Waals surface area contributed by atoms with Crippen molar-refractivity contribution in [2.24, 2.45) is 71.0 Å². The first-order chi connectivity index (χ1) is 66.8. The normalized spacial score (nSPS) is 35.3. The Morgan fingerprint density at radius 1 is 0.204 bits per heavy atom. The van der Waals surface area contributed by atoms with E-state index >= 15 is 0 Å². The first-order valence-electron chi connectivity index (χ1n) is 50.6. The molecule has 8 aromatic carbocycles. The second-order valence-electron chi connectivity index (χ2n) is 39.4. The Morgan fingerprint density at radius 2 is 0.482 bits per heavy atom. The number of benzene rings is 8. The van der Waals surface area contributed by atoms with Crippen LogP contribution in [-0.2, 0) is 157 Å². The van der Waals surface area contributed by atoms with E-state index in [-0.39, 0.29) is 124 Å². The van der Waals surface area contributed by atoms with Crippen molar-refractivity contribution in [3.05, 3.63) is 300 Å². The average Bonchev–Trinajstić information content (AvgIpc) is 0.761. The average molecular weight is 1890 g/mol. The van der Waals surface area contributed by atoms with Crippen molar-refractivity contribution in [2.75, 3.05) is 39.6 Å². The first kappa shape index (κ1) is 104. The molecule has 7 aliphatic rings. The van der Waals surface area contributed by atoms with Crippen molar-refractivity contribution in [1.82, 2.24) is 0 Å². The zero-order valence-corrected chi connectivity index (χ0v) is 82.9. The first-order valence-corrected chi connectivity index (χ1v) is 50.6. The Morgan fingerprint density at radius 3 is 0.891 bits per heavy atom. The quantitative estimate of drug-likeness (QED) is 0.0325. The van der Waals surface area contributed by atoms with Crippen LogP contribution in [-0.4, -0.2) is 181 Å². The summed E-state index contributed by atoms with van der Waals surface area (Å²) in [5, 5.41) is 0. The lowest BCUT2D eigenvalue weighted by atomic mass is 9.79. The summed E-state index contributed by atoms with van der Waals surface area (Å²) in [5.41, 5.74) is 8.07. The fourth-order valence-electron chi connectivity index (χ4n) is 20.5. The predicted molar refractivity (Wildman–Crippen MR) is 522 cm³/mol. The van der Waals surface area contributed by atoms with E-state index in [0.717, 1.165) is 50.9 Å². The smallest absolute Gasteiger partial charge is 0.187 e. The van der Waals surface area contributed by atoms with E-state index in [1.165, 1.54) is 0 Å². The van der Waals surface area contributed by atoms with E-state index in [2.05, 4.69) is 201 Å². The highest BCUT2D eigenvalue weighted by atomic mass is 16.8. The molecule has 0 bridgehead atoms. The molecular weight excluding hydrogens is 1730 g/mol. The van der Waals surface area contributed by atoms with Crippen LogP contribution in [0.5, 0.6) is 0 Å². The maximum Gasteiger partial charge on any atom is 0.187 e. The van der Waals surface area contributed by atoms with Crippen LogP contribution in [0, 0.1) is 71.0 Å². The molecular formula is C115H152O22. The summed E-state index contributed by atoms with van der Waals surface area (Å²) in [7, 11) is 0. The molecule has 7 fully saturated rings. The Labute approximate surface area is 814 Å². The van der Waals surface area contributed by atoms with E-state index in [4.69, 9.17) is 104 Å². The van der Waals surface area contributed by atoms with Gasteiger partial charge < -0.3 is 104 Å². The van der Waals surface area contributed by atoms with Gasteiger partial charge in [-0.25, -0.2) is 0 Å². The summed E-state index contributed by atoms with van der Waals surface area (Å²) in [6.45, 7) is 38.5. The fraction of sp³-hybridized carbons (Fsp3) is 0.565. The lowest BCUT2D eigenvalue weighted by Crippen LogP contribution is -2.65. The molecule has 14 unspecified atom stereocenters. The van der Waals surface area contributed by atoms with E-state index in [1.54, 1.807) is 6.08 Å².